The van der Waals surface area contributed by atoms with Gasteiger partial charge in [0.15, 0.2) is 11.5 Å². The summed E-state index contributed by atoms with van der Waals surface area (Å²) < 4.78 is 14.6. The summed E-state index contributed by atoms with van der Waals surface area (Å²) in [5.41, 5.74) is 0.0222. The van der Waals surface area contributed by atoms with Crippen LogP contribution >= 0.6 is 0 Å². The topological polar surface area (TPSA) is 72.2 Å². The molecule has 2 aromatic rings. The molecule has 0 saturated heterocycles. The van der Waals surface area contributed by atoms with Gasteiger partial charge in [-0.2, -0.15) is 0 Å². The molecular formula is C22H25FN2O3. The zero-order valence-corrected chi connectivity index (χ0v) is 16.1. The first-order valence-corrected chi connectivity index (χ1v) is 10.1. The zero-order chi connectivity index (χ0) is 19.9. The van der Waals surface area contributed by atoms with E-state index >= 15 is 0 Å². The molecule has 0 unspecified atom stereocenters. The third kappa shape index (κ3) is 3.15. The van der Waals surface area contributed by atoms with Crippen molar-refractivity contribution >= 4 is 5.78 Å². The van der Waals surface area contributed by atoms with Crippen LogP contribution in [0, 0.1) is 11.7 Å². The van der Waals surface area contributed by atoms with Crippen molar-refractivity contribution in [1.29, 1.82) is 0 Å². The lowest BCUT2D eigenvalue weighted by Crippen LogP contribution is -2.35. The van der Waals surface area contributed by atoms with Crippen LogP contribution in [-0.2, 0) is 18.4 Å². The molecule has 2 aliphatic heterocycles. The Balaban J connectivity index is 1.68. The molecular weight excluding hydrogens is 359 g/mol. The monoisotopic (exact) mass is 384 g/mol. The van der Waals surface area contributed by atoms with E-state index in [-0.39, 0.29) is 29.1 Å². The van der Waals surface area contributed by atoms with Crippen molar-refractivity contribution in [3.63, 3.8) is 0 Å². The summed E-state index contributed by atoms with van der Waals surface area (Å²) in [6.45, 7) is 2.67. The van der Waals surface area contributed by atoms with Gasteiger partial charge in [0.1, 0.15) is 11.6 Å². The Morgan fingerprint density at radius 2 is 1.96 bits per heavy atom. The second kappa shape index (κ2) is 7.15. The van der Waals surface area contributed by atoms with E-state index in [0.29, 0.717) is 24.7 Å². The molecule has 1 aliphatic carbocycles. The van der Waals surface area contributed by atoms with E-state index < -0.39 is 11.3 Å². The van der Waals surface area contributed by atoms with E-state index in [9.17, 15) is 19.1 Å². The van der Waals surface area contributed by atoms with Gasteiger partial charge in [0.2, 0.25) is 5.75 Å². The fourth-order valence-electron chi connectivity index (χ4n) is 4.75. The number of aromatic hydroxyl groups is 1. The van der Waals surface area contributed by atoms with Crippen LogP contribution in [-0.4, -0.2) is 20.4 Å². The number of carbonyl (C=O) groups is 1. The van der Waals surface area contributed by atoms with Crippen LogP contribution in [0.4, 0.5) is 4.39 Å². The highest BCUT2D eigenvalue weighted by molar-refractivity contribution is 5.96. The van der Waals surface area contributed by atoms with E-state index in [1.807, 2.05) is 0 Å². The fourth-order valence-corrected chi connectivity index (χ4v) is 4.75. The van der Waals surface area contributed by atoms with E-state index in [0.717, 1.165) is 37.7 Å². The Morgan fingerprint density at radius 3 is 2.61 bits per heavy atom. The van der Waals surface area contributed by atoms with Crippen LogP contribution in [0.25, 0.3) is 0 Å². The van der Waals surface area contributed by atoms with E-state index in [4.69, 9.17) is 0 Å². The van der Waals surface area contributed by atoms with E-state index in [1.54, 1.807) is 16.7 Å². The van der Waals surface area contributed by atoms with E-state index in [1.165, 1.54) is 12.1 Å². The molecule has 6 heteroatoms. The maximum absolute atomic E-state index is 13.0. The molecule has 5 nitrogen and oxygen atoms in total. The Labute approximate surface area is 163 Å². The number of fused-ring (bicyclic) bond motifs is 2. The number of carbonyl (C=O) groups excluding carboxylic acids is 1. The molecule has 1 fully saturated rings. The number of hydrogen-bond acceptors (Lipinski definition) is 4. The number of benzene rings is 1. The number of aromatic nitrogens is 2. The molecule has 28 heavy (non-hydrogen) atoms. The van der Waals surface area contributed by atoms with Crippen LogP contribution in [0.15, 0.2) is 29.1 Å². The van der Waals surface area contributed by atoms with Crippen molar-refractivity contribution in [2.24, 2.45) is 5.92 Å². The SMILES string of the molecule is CCC12CCC(CC1)Cn1c2nc(C(=O)CCc2ccc(F)cc2)c(O)c1=O. The standard InChI is InChI=1S/C22H25FN2O3/c1-2-22-11-9-15(10-12-22)13-25-20(28)19(27)18(24-21(22)25)17(26)8-5-14-3-6-16(23)7-4-14/h3-4,6-7,15,27H,2,5,8-13H2,1H3. The van der Waals surface area contributed by atoms with Crippen molar-refractivity contribution in [2.75, 3.05) is 0 Å². The van der Waals surface area contributed by atoms with Gasteiger partial charge >= 0.3 is 0 Å². The van der Waals surface area contributed by atoms with Gasteiger partial charge in [-0.1, -0.05) is 19.1 Å². The molecule has 1 aromatic carbocycles. The van der Waals surface area contributed by atoms with Crippen LogP contribution in [0.3, 0.4) is 0 Å². The number of nitrogens with zero attached hydrogens (tertiary/aromatic N) is 2. The summed E-state index contributed by atoms with van der Waals surface area (Å²) in [5.74, 6) is -0.122. The molecule has 3 heterocycles. The molecule has 1 saturated carbocycles. The van der Waals surface area contributed by atoms with E-state index in [2.05, 4.69) is 11.9 Å². The number of hydrogen-bond donors (Lipinski definition) is 1. The zero-order valence-electron chi connectivity index (χ0n) is 16.1. The normalized spacial score (nSPS) is 23.3. The summed E-state index contributed by atoms with van der Waals surface area (Å²) in [7, 11) is 0. The van der Waals surface area contributed by atoms with Gasteiger partial charge in [0, 0.05) is 18.4 Å². The largest absolute Gasteiger partial charge is 0.501 e. The van der Waals surface area contributed by atoms with Crippen molar-refractivity contribution in [2.45, 2.75) is 63.8 Å². The number of rotatable bonds is 5. The first kappa shape index (κ1) is 18.8. The van der Waals surface area contributed by atoms with Gasteiger partial charge in [0.25, 0.3) is 5.56 Å². The Kier molecular flexibility index (Phi) is 4.81. The lowest BCUT2D eigenvalue weighted by molar-refractivity contribution is 0.0973. The molecule has 5 rings (SSSR count). The second-order valence-corrected chi connectivity index (χ2v) is 8.18. The van der Waals surface area contributed by atoms with Crippen LogP contribution < -0.4 is 5.56 Å². The average molecular weight is 384 g/mol. The molecule has 0 radical (unpaired) electrons. The first-order chi connectivity index (χ1) is 13.4. The third-order valence-corrected chi connectivity index (χ3v) is 6.62. The average Bonchev–Trinajstić information content (AvgIpc) is 2.97. The van der Waals surface area contributed by atoms with Crippen LogP contribution in [0.1, 0.15) is 67.3 Å². The highest BCUT2D eigenvalue weighted by Crippen LogP contribution is 2.46. The minimum absolute atomic E-state index is 0.108. The van der Waals surface area contributed by atoms with Crippen LogP contribution in [0.5, 0.6) is 5.75 Å². The molecule has 1 aromatic heterocycles. The van der Waals surface area contributed by atoms with Crippen molar-refractivity contribution < 1.29 is 14.3 Å². The molecule has 0 atom stereocenters. The predicted molar refractivity (Wildman–Crippen MR) is 103 cm³/mol. The van der Waals surface area contributed by atoms with Gasteiger partial charge < -0.3 is 5.11 Å². The van der Waals surface area contributed by atoms with Crippen molar-refractivity contribution in [1.82, 2.24) is 9.55 Å². The molecule has 3 aliphatic rings. The number of aryl methyl sites for hydroxylation is 1. The van der Waals surface area contributed by atoms with Crippen molar-refractivity contribution in [3.05, 3.63) is 57.5 Å². The van der Waals surface area contributed by atoms with Crippen LogP contribution in [0.2, 0.25) is 0 Å². The minimum Gasteiger partial charge on any atom is -0.501 e. The molecule has 0 spiro atoms. The summed E-state index contributed by atoms with van der Waals surface area (Å²) in [5, 5.41) is 10.4. The lowest BCUT2D eigenvalue weighted by atomic mass is 9.69. The van der Waals surface area contributed by atoms with Gasteiger partial charge in [-0.3, -0.25) is 14.2 Å². The highest BCUT2D eigenvalue weighted by Gasteiger charge is 2.43. The maximum atomic E-state index is 13.0. The number of ketones is 1. The Morgan fingerprint density at radius 1 is 1.29 bits per heavy atom. The predicted octanol–water partition coefficient (Wildman–Crippen LogP) is 3.76. The van der Waals surface area contributed by atoms with Gasteiger partial charge in [-0.15, -0.1) is 0 Å². The van der Waals surface area contributed by atoms with Crippen molar-refractivity contribution in [3.8, 4) is 5.75 Å². The molecule has 2 bridgehead atoms. The smallest absolute Gasteiger partial charge is 0.296 e. The molecule has 148 valence electrons. The van der Waals surface area contributed by atoms with Gasteiger partial charge in [-0.25, -0.2) is 9.37 Å². The molecule has 1 N–H and O–H groups in total. The fraction of sp³-hybridized carbons (Fsp3) is 0.500. The van der Waals surface area contributed by atoms with Gasteiger partial charge in [-0.05, 0) is 62.1 Å². The number of halogens is 1. The summed E-state index contributed by atoms with van der Waals surface area (Å²) in [6.07, 6.45) is 5.40. The third-order valence-electron chi connectivity index (χ3n) is 6.62. The highest BCUT2D eigenvalue weighted by atomic mass is 19.1. The lowest BCUT2D eigenvalue weighted by Gasteiger charge is -2.35. The Bertz CT molecular complexity index is 957. The summed E-state index contributed by atoms with van der Waals surface area (Å²) >= 11 is 0. The molecule has 0 amide bonds. The minimum atomic E-state index is -0.541. The maximum Gasteiger partial charge on any atom is 0.296 e. The quantitative estimate of drug-likeness (QED) is 0.797. The first-order valence-electron chi connectivity index (χ1n) is 10.1. The second-order valence-electron chi connectivity index (χ2n) is 8.18. The summed E-state index contributed by atoms with van der Waals surface area (Å²) in [6, 6.07) is 5.97. The number of Topliss-reactive ketones (excluding diaryl/α,β-unsaturated/α-hetero) is 1. The Hall–Kier alpha value is -2.50. The summed E-state index contributed by atoms with van der Waals surface area (Å²) in [4.78, 5) is 30.2. The van der Waals surface area contributed by atoms with Gasteiger partial charge in [0.05, 0.1) is 0 Å².